The molecule has 1 aromatic carbocycles. The first-order valence-electron chi connectivity index (χ1n) is 5.17. The molecule has 1 N–H and O–H groups in total. The Morgan fingerprint density at radius 2 is 2.26 bits per heavy atom. The van der Waals surface area contributed by atoms with Crippen molar-refractivity contribution in [3.8, 4) is 0 Å². The number of carboxylic acid groups (broad SMARTS) is 1. The fourth-order valence-corrected chi connectivity index (χ4v) is 2.05. The van der Waals surface area contributed by atoms with Crippen LogP contribution in [0.5, 0.6) is 0 Å². The Balaban J connectivity index is 2.34. The zero-order valence-corrected chi connectivity index (χ0v) is 11.1. The molecule has 0 aliphatic heterocycles. The predicted octanol–water partition coefficient (Wildman–Crippen LogP) is 2.30. The highest BCUT2D eigenvalue weighted by atomic mass is 79.9. The SMILES string of the molecule is O=C(O)c1cn(Cc2cccc(Br)c2)nc1[N+](=O)[O-]. The van der Waals surface area contributed by atoms with E-state index in [1.165, 1.54) is 4.68 Å². The van der Waals surface area contributed by atoms with Crippen LogP contribution in [0.1, 0.15) is 15.9 Å². The second-order valence-electron chi connectivity index (χ2n) is 3.76. The van der Waals surface area contributed by atoms with Crippen LogP contribution in [0, 0.1) is 10.1 Å². The molecule has 2 aromatic rings. The Kier molecular flexibility index (Phi) is 3.61. The van der Waals surface area contributed by atoms with Crippen molar-refractivity contribution in [3.63, 3.8) is 0 Å². The number of halogens is 1. The van der Waals surface area contributed by atoms with Gasteiger partial charge in [0.25, 0.3) is 0 Å². The van der Waals surface area contributed by atoms with Crippen molar-refractivity contribution in [3.05, 3.63) is 56.2 Å². The molecule has 0 saturated heterocycles. The maximum atomic E-state index is 10.9. The van der Waals surface area contributed by atoms with Gasteiger partial charge in [-0.25, -0.2) is 4.79 Å². The number of aromatic nitrogens is 2. The third-order valence-electron chi connectivity index (χ3n) is 2.38. The van der Waals surface area contributed by atoms with E-state index in [4.69, 9.17) is 5.11 Å². The Morgan fingerprint density at radius 1 is 1.53 bits per heavy atom. The summed E-state index contributed by atoms with van der Waals surface area (Å²) in [5.74, 6) is -2.02. The van der Waals surface area contributed by atoms with Crippen molar-refractivity contribution in [2.45, 2.75) is 6.54 Å². The molecule has 98 valence electrons. The number of carbonyl (C=O) groups is 1. The number of hydrogen-bond acceptors (Lipinski definition) is 4. The van der Waals surface area contributed by atoms with Gasteiger partial charge in [-0.1, -0.05) is 28.1 Å². The summed E-state index contributed by atoms with van der Waals surface area (Å²) in [5.41, 5.74) is 0.434. The van der Waals surface area contributed by atoms with Crippen LogP contribution in [-0.2, 0) is 6.54 Å². The van der Waals surface area contributed by atoms with Crippen LogP contribution in [-0.4, -0.2) is 25.8 Å². The molecule has 0 fully saturated rings. The van der Waals surface area contributed by atoms with E-state index >= 15 is 0 Å². The molecule has 0 aliphatic rings. The fraction of sp³-hybridized carbons (Fsp3) is 0.0909. The van der Waals surface area contributed by atoms with Crippen molar-refractivity contribution in [1.29, 1.82) is 0 Å². The minimum Gasteiger partial charge on any atom is -0.477 e. The summed E-state index contributed by atoms with van der Waals surface area (Å²) in [4.78, 5) is 20.8. The molecule has 1 aromatic heterocycles. The lowest BCUT2D eigenvalue weighted by molar-refractivity contribution is -0.390. The molecule has 2 rings (SSSR count). The monoisotopic (exact) mass is 325 g/mol. The van der Waals surface area contributed by atoms with Gasteiger partial charge in [-0.3, -0.25) is 0 Å². The van der Waals surface area contributed by atoms with Crippen LogP contribution in [0.15, 0.2) is 34.9 Å². The quantitative estimate of drug-likeness (QED) is 0.687. The third-order valence-corrected chi connectivity index (χ3v) is 2.87. The Morgan fingerprint density at radius 3 is 2.79 bits per heavy atom. The van der Waals surface area contributed by atoms with Gasteiger partial charge in [0, 0.05) is 4.47 Å². The molecule has 0 amide bonds. The number of nitro groups is 1. The maximum Gasteiger partial charge on any atom is 0.404 e. The highest BCUT2D eigenvalue weighted by molar-refractivity contribution is 9.10. The molecule has 8 heteroatoms. The highest BCUT2D eigenvalue weighted by Crippen LogP contribution is 2.18. The van der Waals surface area contributed by atoms with Gasteiger partial charge in [-0.15, -0.1) is 0 Å². The average Bonchev–Trinajstić information content (AvgIpc) is 2.73. The van der Waals surface area contributed by atoms with Crippen LogP contribution in [0.2, 0.25) is 0 Å². The van der Waals surface area contributed by atoms with Crippen molar-refractivity contribution < 1.29 is 14.8 Å². The maximum absolute atomic E-state index is 10.9. The normalized spacial score (nSPS) is 10.4. The summed E-state index contributed by atoms with van der Waals surface area (Å²) >= 11 is 3.31. The van der Waals surface area contributed by atoms with Crippen molar-refractivity contribution in [1.82, 2.24) is 9.78 Å². The Bertz CT molecular complexity index is 622. The van der Waals surface area contributed by atoms with E-state index in [1.807, 2.05) is 24.3 Å². The van der Waals surface area contributed by atoms with Crippen LogP contribution >= 0.6 is 15.9 Å². The Hall–Kier alpha value is -2.22. The van der Waals surface area contributed by atoms with Gasteiger partial charge >= 0.3 is 11.8 Å². The van der Waals surface area contributed by atoms with E-state index < -0.39 is 22.3 Å². The van der Waals surface area contributed by atoms with E-state index in [0.717, 1.165) is 16.2 Å². The highest BCUT2D eigenvalue weighted by Gasteiger charge is 2.25. The van der Waals surface area contributed by atoms with E-state index in [1.54, 1.807) is 0 Å². The smallest absolute Gasteiger partial charge is 0.404 e. The molecular formula is C11H8BrN3O4. The number of carboxylic acids is 1. The second-order valence-corrected chi connectivity index (χ2v) is 4.67. The van der Waals surface area contributed by atoms with E-state index in [-0.39, 0.29) is 6.54 Å². The molecule has 0 spiro atoms. The van der Waals surface area contributed by atoms with Crippen molar-refractivity contribution in [2.24, 2.45) is 0 Å². The summed E-state index contributed by atoms with van der Waals surface area (Å²) in [6.45, 7) is 0.257. The Labute approximate surface area is 115 Å². The van der Waals surface area contributed by atoms with Gasteiger partial charge in [-0.2, -0.15) is 4.68 Å². The lowest BCUT2D eigenvalue weighted by atomic mass is 10.2. The summed E-state index contributed by atoms with van der Waals surface area (Å²) < 4.78 is 2.11. The lowest BCUT2D eigenvalue weighted by Gasteiger charge is -1.98. The van der Waals surface area contributed by atoms with Crippen LogP contribution in [0.3, 0.4) is 0 Å². The summed E-state index contributed by atoms with van der Waals surface area (Å²) in [6.07, 6.45) is 1.15. The van der Waals surface area contributed by atoms with Gasteiger partial charge in [0.05, 0.1) is 17.8 Å². The zero-order valence-electron chi connectivity index (χ0n) is 9.49. The molecule has 0 atom stereocenters. The summed E-state index contributed by atoms with van der Waals surface area (Å²) in [7, 11) is 0. The lowest BCUT2D eigenvalue weighted by Crippen LogP contribution is -2.01. The van der Waals surface area contributed by atoms with E-state index in [9.17, 15) is 14.9 Å². The zero-order chi connectivity index (χ0) is 14.0. The molecule has 0 bridgehead atoms. The van der Waals surface area contributed by atoms with Crippen molar-refractivity contribution >= 4 is 27.7 Å². The van der Waals surface area contributed by atoms with Gasteiger partial charge in [0.2, 0.25) is 0 Å². The number of aromatic carboxylic acids is 1. The molecule has 1 heterocycles. The van der Waals surface area contributed by atoms with Gasteiger partial charge in [0.15, 0.2) is 5.56 Å². The van der Waals surface area contributed by atoms with Crippen LogP contribution in [0.25, 0.3) is 0 Å². The largest absolute Gasteiger partial charge is 0.477 e. The molecule has 0 radical (unpaired) electrons. The second kappa shape index (κ2) is 5.19. The summed E-state index contributed by atoms with van der Waals surface area (Å²) in [6, 6.07) is 7.31. The first-order valence-corrected chi connectivity index (χ1v) is 5.96. The number of hydrogen-bond donors (Lipinski definition) is 1. The third kappa shape index (κ3) is 2.97. The molecule has 0 unspecified atom stereocenters. The van der Waals surface area contributed by atoms with Gasteiger partial charge in [0.1, 0.15) is 0 Å². The number of benzene rings is 1. The number of rotatable bonds is 4. The topological polar surface area (TPSA) is 98.3 Å². The molecular weight excluding hydrogens is 318 g/mol. The molecule has 0 saturated carbocycles. The number of nitrogens with zero attached hydrogens (tertiary/aromatic N) is 3. The first kappa shape index (κ1) is 13.2. The summed E-state index contributed by atoms with van der Waals surface area (Å²) in [5, 5.41) is 23.3. The molecule has 19 heavy (non-hydrogen) atoms. The van der Waals surface area contributed by atoms with E-state index in [2.05, 4.69) is 21.0 Å². The molecule has 0 aliphatic carbocycles. The fourth-order valence-electron chi connectivity index (χ4n) is 1.60. The predicted molar refractivity (Wildman–Crippen MR) is 69.1 cm³/mol. The van der Waals surface area contributed by atoms with E-state index in [0.29, 0.717) is 0 Å². The average molecular weight is 326 g/mol. The van der Waals surface area contributed by atoms with Gasteiger partial charge in [-0.05, 0) is 22.6 Å². The molecule has 7 nitrogen and oxygen atoms in total. The van der Waals surface area contributed by atoms with Crippen molar-refractivity contribution in [2.75, 3.05) is 0 Å². The van der Waals surface area contributed by atoms with Crippen LogP contribution < -0.4 is 0 Å². The first-order chi connectivity index (χ1) is 8.97. The van der Waals surface area contributed by atoms with Gasteiger partial charge < -0.3 is 15.2 Å². The minimum atomic E-state index is -1.37. The standard InChI is InChI=1S/C11H8BrN3O4/c12-8-3-1-2-7(4-8)5-14-6-9(11(16)17)10(13-14)15(18)19/h1-4,6H,5H2,(H,16,17). The minimum absolute atomic E-state index is 0.257. The van der Waals surface area contributed by atoms with Crippen LogP contribution in [0.4, 0.5) is 5.82 Å².